The number of aliphatic hydroxyl groups is 1. The van der Waals surface area contributed by atoms with Gasteiger partial charge in [-0.25, -0.2) is 0 Å². The Hall–Kier alpha value is -4.33. The van der Waals surface area contributed by atoms with Crippen LogP contribution in [0.3, 0.4) is 0 Å². The Kier molecular flexibility index (Phi) is 7.77. The number of amides is 1. The molecule has 0 bridgehead atoms. The zero-order valence-corrected chi connectivity index (χ0v) is 21.3. The number of likely N-dealkylation sites (tertiary alicyclic amines) is 1. The Morgan fingerprint density at radius 1 is 1.08 bits per heavy atom. The minimum absolute atomic E-state index is 0.00219. The molecule has 4 rings (SSSR count). The van der Waals surface area contributed by atoms with E-state index in [-0.39, 0.29) is 24.0 Å². The molecule has 8 heteroatoms. The van der Waals surface area contributed by atoms with Gasteiger partial charge in [0.1, 0.15) is 11.5 Å². The molecule has 8 nitrogen and oxygen atoms in total. The van der Waals surface area contributed by atoms with E-state index in [0.717, 1.165) is 5.56 Å². The lowest BCUT2D eigenvalue weighted by atomic mass is 9.94. The fourth-order valence-electron chi connectivity index (χ4n) is 4.33. The number of aliphatic hydroxyl groups excluding tert-OH is 1. The summed E-state index contributed by atoms with van der Waals surface area (Å²) in [5, 5.41) is 11.3. The van der Waals surface area contributed by atoms with Crippen LogP contribution in [0.15, 0.2) is 72.6 Å². The van der Waals surface area contributed by atoms with Gasteiger partial charge in [0.25, 0.3) is 11.7 Å². The third-order valence-electron chi connectivity index (χ3n) is 5.92. The number of ketones is 1. The molecular formula is C29H30N2O6. The largest absolute Gasteiger partial charge is 0.507 e. The van der Waals surface area contributed by atoms with Gasteiger partial charge in [-0.2, -0.15) is 0 Å². The summed E-state index contributed by atoms with van der Waals surface area (Å²) in [5.74, 6) is -0.0951. The van der Waals surface area contributed by atoms with Gasteiger partial charge in [0.15, 0.2) is 11.5 Å². The molecule has 0 saturated carbocycles. The number of aromatic nitrogens is 1. The summed E-state index contributed by atoms with van der Waals surface area (Å²) in [6, 6.07) is 14.7. The third-order valence-corrected chi connectivity index (χ3v) is 5.92. The van der Waals surface area contributed by atoms with Crippen molar-refractivity contribution in [2.45, 2.75) is 39.5 Å². The van der Waals surface area contributed by atoms with Crippen molar-refractivity contribution in [3.05, 3.63) is 89.3 Å². The summed E-state index contributed by atoms with van der Waals surface area (Å²) >= 11 is 0. The minimum Gasteiger partial charge on any atom is -0.507 e. The lowest BCUT2D eigenvalue weighted by Gasteiger charge is -2.26. The first-order valence-electron chi connectivity index (χ1n) is 12.1. The van der Waals surface area contributed by atoms with Crippen molar-refractivity contribution >= 4 is 17.4 Å². The predicted octanol–water partition coefficient (Wildman–Crippen LogP) is 4.90. The van der Waals surface area contributed by atoms with Crippen molar-refractivity contribution < 1.29 is 28.9 Å². The Labute approximate surface area is 216 Å². The van der Waals surface area contributed by atoms with E-state index in [1.54, 1.807) is 60.9 Å². The molecule has 2 aromatic carbocycles. The van der Waals surface area contributed by atoms with Gasteiger partial charge in [-0.1, -0.05) is 12.1 Å². The highest BCUT2D eigenvalue weighted by atomic mass is 16.5. The Morgan fingerprint density at radius 2 is 1.84 bits per heavy atom. The molecule has 3 aromatic rings. The zero-order chi connectivity index (χ0) is 26.5. The van der Waals surface area contributed by atoms with Crippen LogP contribution in [-0.2, 0) is 16.1 Å². The van der Waals surface area contributed by atoms with Crippen LogP contribution < -0.4 is 14.2 Å². The fraction of sp³-hybridized carbons (Fsp3) is 0.276. The summed E-state index contributed by atoms with van der Waals surface area (Å²) in [7, 11) is 1.52. The van der Waals surface area contributed by atoms with E-state index in [0.29, 0.717) is 35.0 Å². The number of ether oxygens (including phenoxy) is 3. The molecule has 2 heterocycles. The molecule has 0 radical (unpaired) electrons. The van der Waals surface area contributed by atoms with Crippen LogP contribution >= 0.6 is 0 Å². The second-order valence-electron chi connectivity index (χ2n) is 8.82. The van der Waals surface area contributed by atoms with E-state index in [4.69, 9.17) is 14.2 Å². The van der Waals surface area contributed by atoms with Crippen molar-refractivity contribution in [3.8, 4) is 17.2 Å². The first-order valence-corrected chi connectivity index (χ1v) is 12.1. The number of hydrogen-bond donors (Lipinski definition) is 1. The molecular weight excluding hydrogens is 472 g/mol. The van der Waals surface area contributed by atoms with Gasteiger partial charge in [-0.15, -0.1) is 0 Å². The van der Waals surface area contributed by atoms with Crippen molar-refractivity contribution in [3.63, 3.8) is 0 Å². The number of pyridine rings is 1. The highest BCUT2D eigenvalue weighted by Crippen LogP contribution is 2.42. The molecule has 37 heavy (non-hydrogen) atoms. The monoisotopic (exact) mass is 502 g/mol. The van der Waals surface area contributed by atoms with Crippen LogP contribution in [0.5, 0.6) is 17.2 Å². The molecule has 1 aliphatic rings. The Balaban J connectivity index is 1.83. The van der Waals surface area contributed by atoms with Crippen LogP contribution in [0.25, 0.3) is 5.76 Å². The summed E-state index contributed by atoms with van der Waals surface area (Å²) in [6.07, 6.45) is 3.27. The maximum absolute atomic E-state index is 13.3. The summed E-state index contributed by atoms with van der Waals surface area (Å²) in [5.41, 5.74) is 1.75. The molecule has 0 unspecified atom stereocenters. The Bertz CT molecular complexity index is 1300. The molecule has 0 aliphatic carbocycles. The minimum atomic E-state index is -0.851. The zero-order valence-electron chi connectivity index (χ0n) is 21.3. The van der Waals surface area contributed by atoms with Crippen molar-refractivity contribution in [1.82, 2.24) is 9.88 Å². The van der Waals surface area contributed by atoms with Crippen LogP contribution in [0.2, 0.25) is 0 Å². The molecule has 1 fully saturated rings. The average Bonchev–Trinajstić information content (AvgIpc) is 3.14. The van der Waals surface area contributed by atoms with Gasteiger partial charge in [0.2, 0.25) is 0 Å². The van der Waals surface area contributed by atoms with Crippen molar-refractivity contribution in [1.29, 1.82) is 0 Å². The second kappa shape index (κ2) is 11.2. The van der Waals surface area contributed by atoms with Gasteiger partial charge in [0, 0.05) is 24.5 Å². The second-order valence-corrected chi connectivity index (χ2v) is 8.82. The van der Waals surface area contributed by atoms with E-state index < -0.39 is 17.7 Å². The van der Waals surface area contributed by atoms with Crippen molar-refractivity contribution in [2.75, 3.05) is 13.7 Å². The number of benzene rings is 2. The highest BCUT2D eigenvalue weighted by molar-refractivity contribution is 6.46. The van der Waals surface area contributed by atoms with Crippen LogP contribution in [-0.4, -0.2) is 46.5 Å². The van der Waals surface area contributed by atoms with Crippen LogP contribution in [0, 0.1) is 0 Å². The maximum Gasteiger partial charge on any atom is 0.295 e. The lowest BCUT2D eigenvalue weighted by Crippen LogP contribution is -2.29. The summed E-state index contributed by atoms with van der Waals surface area (Å²) < 4.78 is 16.8. The van der Waals surface area contributed by atoms with Gasteiger partial charge in [-0.05, 0) is 74.4 Å². The quantitative estimate of drug-likeness (QED) is 0.253. The van der Waals surface area contributed by atoms with E-state index in [9.17, 15) is 14.7 Å². The number of rotatable bonds is 9. The number of carbonyl (C=O) groups excluding carboxylic acids is 2. The molecule has 1 saturated heterocycles. The molecule has 1 amide bonds. The summed E-state index contributed by atoms with van der Waals surface area (Å²) in [6.45, 7) is 6.29. The predicted molar refractivity (Wildman–Crippen MR) is 138 cm³/mol. The smallest absolute Gasteiger partial charge is 0.295 e. The van der Waals surface area contributed by atoms with Gasteiger partial charge in [0.05, 0.1) is 31.4 Å². The fourth-order valence-corrected chi connectivity index (χ4v) is 4.33. The molecule has 1 aliphatic heterocycles. The average molecular weight is 503 g/mol. The number of carbonyl (C=O) groups is 2. The molecule has 0 spiro atoms. The summed E-state index contributed by atoms with van der Waals surface area (Å²) in [4.78, 5) is 32.2. The number of methoxy groups -OCH3 is 1. The van der Waals surface area contributed by atoms with E-state index >= 15 is 0 Å². The molecule has 1 aromatic heterocycles. The van der Waals surface area contributed by atoms with Gasteiger partial charge in [-0.3, -0.25) is 14.6 Å². The first-order chi connectivity index (χ1) is 17.8. The van der Waals surface area contributed by atoms with Crippen molar-refractivity contribution in [2.24, 2.45) is 0 Å². The van der Waals surface area contributed by atoms with E-state index in [2.05, 4.69) is 4.98 Å². The van der Waals surface area contributed by atoms with Crippen LogP contribution in [0.1, 0.15) is 43.5 Å². The maximum atomic E-state index is 13.3. The lowest BCUT2D eigenvalue weighted by molar-refractivity contribution is -0.140. The topological polar surface area (TPSA) is 98.2 Å². The van der Waals surface area contributed by atoms with Gasteiger partial charge < -0.3 is 24.2 Å². The molecule has 1 N–H and O–H groups in total. The Morgan fingerprint density at radius 3 is 2.46 bits per heavy atom. The number of Topliss-reactive ketones (excluding diaryl/α,β-unsaturated/α-hetero) is 1. The van der Waals surface area contributed by atoms with E-state index in [1.807, 2.05) is 26.8 Å². The molecule has 1 atom stereocenters. The molecule has 192 valence electrons. The standard InChI is InChI=1S/C29H30N2O6/c1-5-36-23-13-10-21(15-24(23)35-4)26-25(27(32)20-8-11-22(12-9-20)37-18(2)3)28(33)29(34)31(26)17-19-7-6-14-30-16-19/h6-16,18,26,32H,5,17H2,1-4H3/t26-/m1/s1. The third kappa shape index (κ3) is 5.43. The SMILES string of the molecule is CCOc1ccc([C@@H]2C(=C(O)c3ccc(OC(C)C)cc3)C(=O)C(=O)N2Cc2cccnc2)cc1OC. The normalized spacial score (nSPS) is 16.8. The van der Waals surface area contributed by atoms with Gasteiger partial charge >= 0.3 is 0 Å². The number of nitrogens with zero attached hydrogens (tertiary/aromatic N) is 2. The number of hydrogen-bond acceptors (Lipinski definition) is 7. The first kappa shape index (κ1) is 25.8. The van der Waals surface area contributed by atoms with Crippen LogP contribution in [0.4, 0.5) is 0 Å². The highest BCUT2D eigenvalue weighted by Gasteiger charge is 2.46. The van der Waals surface area contributed by atoms with E-state index in [1.165, 1.54) is 12.0 Å².